The van der Waals surface area contributed by atoms with Gasteiger partial charge >= 0.3 is 0 Å². The van der Waals surface area contributed by atoms with Crippen LogP contribution in [-0.4, -0.2) is 28.8 Å². The summed E-state index contributed by atoms with van der Waals surface area (Å²) in [5.41, 5.74) is 2.59. The van der Waals surface area contributed by atoms with Crippen molar-refractivity contribution in [2.45, 2.75) is 20.0 Å². The predicted octanol–water partition coefficient (Wildman–Crippen LogP) is 2.96. The second-order valence-corrected chi connectivity index (χ2v) is 5.70. The summed E-state index contributed by atoms with van der Waals surface area (Å²) in [5, 5.41) is 12.9. The molecule has 0 aliphatic rings. The summed E-state index contributed by atoms with van der Waals surface area (Å²) in [4.78, 5) is 12.7. The lowest BCUT2D eigenvalue weighted by molar-refractivity contribution is 0.0941. The molecule has 0 bridgehead atoms. The number of benzene rings is 2. The maximum Gasteiger partial charge on any atom is 0.268 e. The minimum atomic E-state index is -0.116. The van der Waals surface area contributed by atoms with E-state index in [0.717, 1.165) is 23.0 Å². The van der Waals surface area contributed by atoms with Crippen molar-refractivity contribution in [2.24, 2.45) is 0 Å². The van der Waals surface area contributed by atoms with E-state index in [4.69, 9.17) is 9.84 Å². The molecule has 0 saturated carbocycles. The Balaban J connectivity index is 1.78. The highest BCUT2D eigenvalue weighted by atomic mass is 16.5. The molecule has 130 valence electrons. The quantitative estimate of drug-likeness (QED) is 0.696. The molecular formula is C20H22N2O3. The molecule has 2 N–H and O–H groups in total. The number of carbonyl (C=O) groups excluding carboxylic acids is 1. The second kappa shape index (κ2) is 7.85. The molecule has 1 amide bonds. The number of fused-ring (bicyclic) bond motifs is 1. The molecule has 0 atom stereocenters. The van der Waals surface area contributed by atoms with Crippen LogP contribution in [0.3, 0.4) is 0 Å². The lowest BCUT2D eigenvalue weighted by Gasteiger charge is -2.12. The first kappa shape index (κ1) is 17.0. The summed E-state index contributed by atoms with van der Waals surface area (Å²) in [7, 11) is 0. The molecule has 0 unspecified atom stereocenters. The predicted molar refractivity (Wildman–Crippen MR) is 97.8 cm³/mol. The van der Waals surface area contributed by atoms with Gasteiger partial charge in [-0.25, -0.2) is 0 Å². The molecular weight excluding hydrogens is 316 g/mol. The topological polar surface area (TPSA) is 63.5 Å². The van der Waals surface area contributed by atoms with Crippen LogP contribution in [-0.2, 0) is 13.1 Å². The van der Waals surface area contributed by atoms with E-state index < -0.39 is 0 Å². The normalized spacial score (nSPS) is 10.8. The largest absolute Gasteiger partial charge is 0.491 e. The zero-order valence-electron chi connectivity index (χ0n) is 14.2. The minimum absolute atomic E-state index is 0.0443. The van der Waals surface area contributed by atoms with Crippen LogP contribution >= 0.6 is 0 Å². The second-order valence-electron chi connectivity index (χ2n) is 5.70. The highest BCUT2D eigenvalue weighted by molar-refractivity contribution is 5.98. The minimum Gasteiger partial charge on any atom is -0.491 e. The van der Waals surface area contributed by atoms with Crippen LogP contribution in [0.2, 0.25) is 0 Å². The van der Waals surface area contributed by atoms with E-state index in [-0.39, 0.29) is 19.1 Å². The first-order chi connectivity index (χ1) is 12.2. The van der Waals surface area contributed by atoms with Crippen LogP contribution in [0.15, 0.2) is 54.6 Å². The number of carbonyl (C=O) groups is 1. The third-order valence-electron chi connectivity index (χ3n) is 4.12. The summed E-state index contributed by atoms with van der Waals surface area (Å²) in [6, 6.07) is 17.4. The van der Waals surface area contributed by atoms with E-state index in [1.54, 1.807) is 0 Å². The van der Waals surface area contributed by atoms with Crippen LogP contribution < -0.4 is 10.1 Å². The number of nitrogens with zero attached hydrogens (tertiary/aromatic N) is 1. The highest BCUT2D eigenvalue weighted by Gasteiger charge is 2.14. The van der Waals surface area contributed by atoms with Crippen molar-refractivity contribution in [3.8, 4) is 5.75 Å². The zero-order valence-corrected chi connectivity index (χ0v) is 14.2. The van der Waals surface area contributed by atoms with Gasteiger partial charge in [0.05, 0.1) is 6.61 Å². The van der Waals surface area contributed by atoms with E-state index in [9.17, 15) is 4.79 Å². The summed E-state index contributed by atoms with van der Waals surface area (Å²) in [6.07, 6.45) is 0. The number of aliphatic hydroxyl groups excluding tert-OH is 1. The molecule has 5 heteroatoms. The monoisotopic (exact) mass is 338 g/mol. The fraction of sp³-hybridized carbons (Fsp3) is 0.250. The molecule has 1 aromatic heterocycles. The molecule has 3 rings (SSSR count). The van der Waals surface area contributed by atoms with Gasteiger partial charge in [0.1, 0.15) is 18.1 Å². The number of para-hydroxylation sites is 2. The molecule has 1 heterocycles. The van der Waals surface area contributed by atoms with Crippen LogP contribution in [0, 0.1) is 0 Å². The van der Waals surface area contributed by atoms with Crippen molar-refractivity contribution in [3.05, 3.63) is 65.9 Å². The molecule has 0 spiro atoms. The van der Waals surface area contributed by atoms with Gasteiger partial charge in [-0.05, 0) is 25.1 Å². The van der Waals surface area contributed by atoms with Crippen molar-refractivity contribution in [1.29, 1.82) is 0 Å². The first-order valence-corrected chi connectivity index (χ1v) is 8.42. The van der Waals surface area contributed by atoms with Crippen molar-refractivity contribution >= 4 is 16.8 Å². The Morgan fingerprint density at radius 2 is 1.92 bits per heavy atom. The zero-order chi connectivity index (χ0) is 17.6. The van der Waals surface area contributed by atoms with Crippen molar-refractivity contribution < 1.29 is 14.6 Å². The van der Waals surface area contributed by atoms with Gasteiger partial charge in [0, 0.05) is 29.6 Å². The molecule has 0 radical (unpaired) electrons. The van der Waals surface area contributed by atoms with Gasteiger partial charge < -0.3 is 19.7 Å². The maximum atomic E-state index is 12.7. The Hall–Kier alpha value is -2.79. The third-order valence-corrected chi connectivity index (χ3v) is 4.12. The first-order valence-electron chi connectivity index (χ1n) is 8.42. The SMILES string of the molecule is CCn1c(C(=O)NCc2ccccc2OCCO)cc2ccccc21. The van der Waals surface area contributed by atoms with Crippen LogP contribution in [0.5, 0.6) is 5.75 Å². The lowest BCUT2D eigenvalue weighted by Crippen LogP contribution is -2.25. The van der Waals surface area contributed by atoms with Gasteiger partial charge in [-0.15, -0.1) is 0 Å². The summed E-state index contributed by atoms with van der Waals surface area (Å²) < 4.78 is 7.52. The van der Waals surface area contributed by atoms with Gasteiger partial charge in [-0.1, -0.05) is 36.4 Å². The molecule has 0 saturated heterocycles. The number of nitrogens with one attached hydrogen (secondary N) is 1. The molecule has 2 aromatic carbocycles. The molecule has 0 aliphatic heterocycles. The molecule has 0 fully saturated rings. The molecule has 3 aromatic rings. The van der Waals surface area contributed by atoms with Gasteiger partial charge in [-0.3, -0.25) is 4.79 Å². The summed E-state index contributed by atoms with van der Waals surface area (Å²) >= 11 is 0. The van der Waals surface area contributed by atoms with Gasteiger partial charge in [0.15, 0.2) is 0 Å². The molecule has 25 heavy (non-hydrogen) atoms. The number of hydrogen-bond acceptors (Lipinski definition) is 3. The average molecular weight is 338 g/mol. The van der Waals surface area contributed by atoms with Crippen LogP contribution in [0.4, 0.5) is 0 Å². The van der Waals surface area contributed by atoms with E-state index in [1.807, 2.05) is 66.1 Å². The smallest absolute Gasteiger partial charge is 0.268 e. The van der Waals surface area contributed by atoms with Crippen molar-refractivity contribution in [2.75, 3.05) is 13.2 Å². The standard InChI is InChI=1S/C20H22N2O3/c1-2-22-17-9-5-3-7-15(17)13-18(22)20(24)21-14-16-8-4-6-10-19(16)25-12-11-23/h3-10,13,23H,2,11-12,14H2,1H3,(H,21,24). The molecule has 0 aliphatic carbocycles. The van der Waals surface area contributed by atoms with Crippen molar-refractivity contribution in [1.82, 2.24) is 9.88 Å². The van der Waals surface area contributed by atoms with Gasteiger partial charge in [-0.2, -0.15) is 0 Å². The number of ether oxygens (including phenoxy) is 1. The Morgan fingerprint density at radius 3 is 2.72 bits per heavy atom. The highest BCUT2D eigenvalue weighted by Crippen LogP contribution is 2.21. The number of rotatable bonds is 7. The lowest BCUT2D eigenvalue weighted by atomic mass is 10.2. The number of hydrogen-bond donors (Lipinski definition) is 2. The Bertz CT molecular complexity index is 870. The number of amides is 1. The molecule has 5 nitrogen and oxygen atoms in total. The van der Waals surface area contributed by atoms with Crippen LogP contribution in [0.1, 0.15) is 23.0 Å². The van der Waals surface area contributed by atoms with E-state index in [2.05, 4.69) is 5.32 Å². The number of aromatic nitrogens is 1. The Labute approximate surface area is 146 Å². The van der Waals surface area contributed by atoms with E-state index in [0.29, 0.717) is 18.0 Å². The van der Waals surface area contributed by atoms with E-state index >= 15 is 0 Å². The number of aliphatic hydroxyl groups is 1. The Kier molecular flexibility index (Phi) is 5.36. The fourth-order valence-electron chi connectivity index (χ4n) is 2.95. The van der Waals surface area contributed by atoms with Crippen LogP contribution in [0.25, 0.3) is 10.9 Å². The van der Waals surface area contributed by atoms with Crippen molar-refractivity contribution in [3.63, 3.8) is 0 Å². The maximum absolute atomic E-state index is 12.7. The average Bonchev–Trinajstić information content (AvgIpc) is 3.03. The Morgan fingerprint density at radius 1 is 1.16 bits per heavy atom. The third kappa shape index (κ3) is 3.67. The van der Waals surface area contributed by atoms with Gasteiger partial charge in [0.2, 0.25) is 0 Å². The van der Waals surface area contributed by atoms with E-state index in [1.165, 1.54) is 0 Å². The van der Waals surface area contributed by atoms with Gasteiger partial charge in [0.25, 0.3) is 5.91 Å². The summed E-state index contributed by atoms with van der Waals surface area (Å²) in [5.74, 6) is 0.558. The number of aryl methyl sites for hydroxylation is 1. The summed E-state index contributed by atoms with van der Waals surface area (Å²) in [6.45, 7) is 3.31. The fourth-order valence-corrected chi connectivity index (χ4v) is 2.95.